The van der Waals surface area contributed by atoms with Crippen molar-refractivity contribution in [2.75, 3.05) is 7.11 Å². The van der Waals surface area contributed by atoms with Gasteiger partial charge in [-0.15, -0.1) is 0 Å². The first-order valence-electron chi connectivity index (χ1n) is 5.18. The second-order valence-electron chi connectivity index (χ2n) is 3.62. The Balaban J connectivity index is 2.51. The van der Waals surface area contributed by atoms with Crippen molar-refractivity contribution in [3.05, 3.63) is 42.1 Å². The van der Waals surface area contributed by atoms with Crippen molar-refractivity contribution in [2.45, 2.75) is 0 Å². The van der Waals surface area contributed by atoms with Crippen molar-refractivity contribution in [3.8, 4) is 22.8 Å². The Kier molecular flexibility index (Phi) is 3.14. The van der Waals surface area contributed by atoms with Gasteiger partial charge in [0.15, 0.2) is 0 Å². The number of pyridine rings is 1. The van der Waals surface area contributed by atoms with Crippen LogP contribution < -0.4 is 0 Å². The van der Waals surface area contributed by atoms with E-state index in [1.54, 1.807) is 0 Å². The zero-order chi connectivity index (χ0) is 13.1. The third-order valence-electron chi connectivity index (χ3n) is 2.44. The van der Waals surface area contributed by atoms with Crippen LogP contribution in [0, 0.1) is 0 Å². The summed E-state index contributed by atoms with van der Waals surface area (Å²) in [5.74, 6) is -0.506. The number of benzene rings is 1. The average Bonchev–Trinajstić information content (AvgIpc) is 2.40. The second kappa shape index (κ2) is 4.75. The highest BCUT2D eigenvalue weighted by Gasteiger charge is 2.11. The molecule has 2 rings (SSSR count). The molecule has 1 heterocycles. The number of methoxy groups -OCH3 is 1. The number of ether oxygens (including phenoxy) is 1. The Labute approximate surface area is 103 Å². The predicted molar refractivity (Wildman–Crippen MR) is 64.3 cm³/mol. The van der Waals surface area contributed by atoms with E-state index in [9.17, 15) is 15.0 Å². The molecule has 5 heteroatoms. The summed E-state index contributed by atoms with van der Waals surface area (Å²) in [6, 6.07) is 7.09. The van der Waals surface area contributed by atoms with E-state index < -0.39 is 5.97 Å². The molecule has 0 spiro atoms. The van der Waals surface area contributed by atoms with Crippen molar-refractivity contribution < 1.29 is 19.7 Å². The molecule has 5 nitrogen and oxygen atoms in total. The summed E-state index contributed by atoms with van der Waals surface area (Å²) in [6.45, 7) is 0. The van der Waals surface area contributed by atoms with Crippen LogP contribution in [0.2, 0.25) is 0 Å². The Bertz CT molecular complexity index is 595. The molecule has 1 aromatic carbocycles. The van der Waals surface area contributed by atoms with Crippen molar-refractivity contribution in [1.82, 2.24) is 4.98 Å². The topological polar surface area (TPSA) is 79.7 Å². The van der Waals surface area contributed by atoms with Crippen molar-refractivity contribution in [3.63, 3.8) is 0 Å². The molecule has 0 radical (unpaired) electrons. The van der Waals surface area contributed by atoms with Gasteiger partial charge < -0.3 is 14.9 Å². The number of aromatic nitrogens is 1. The summed E-state index contributed by atoms with van der Waals surface area (Å²) >= 11 is 0. The molecule has 18 heavy (non-hydrogen) atoms. The number of phenols is 2. The number of carbonyl (C=O) groups is 1. The van der Waals surface area contributed by atoms with E-state index in [4.69, 9.17) is 0 Å². The quantitative estimate of drug-likeness (QED) is 0.624. The average molecular weight is 245 g/mol. The number of aromatic hydroxyl groups is 2. The fourth-order valence-electron chi connectivity index (χ4n) is 1.55. The van der Waals surface area contributed by atoms with Crippen LogP contribution in [-0.2, 0) is 4.74 Å². The summed E-state index contributed by atoms with van der Waals surface area (Å²) in [4.78, 5) is 15.4. The molecule has 0 atom stereocenters. The molecule has 0 aliphatic carbocycles. The van der Waals surface area contributed by atoms with E-state index in [1.165, 1.54) is 43.6 Å². The minimum atomic E-state index is -0.488. The van der Waals surface area contributed by atoms with E-state index in [0.717, 1.165) is 0 Å². The molecular formula is C13H11NO4. The molecule has 1 aromatic heterocycles. The Morgan fingerprint density at radius 1 is 1.22 bits per heavy atom. The lowest BCUT2D eigenvalue weighted by Crippen LogP contribution is -2.01. The van der Waals surface area contributed by atoms with Crippen molar-refractivity contribution in [2.24, 2.45) is 0 Å². The number of carbonyl (C=O) groups excluding carboxylic acids is 1. The first kappa shape index (κ1) is 11.9. The Hall–Kier alpha value is -2.56. The Morgan fingerprint density at radius 2 is 2.00 bits per heavy atom. The number of hydrogen-bond acceptors (Lipinski definition) is 5. The normalized spacial score (nSPS) is 10.1. The van der Waals surface area contributed by atoms with Crippen LogP contribution in [0.4, 0.5) is 0 Å². The van der Waals surface area contributed by atoms with Gasteiger partial charge >= 0.3 is 5.97 Å². The SMILES string of the molecule is COC(=O)c1ccnc(-c2cc(O)ccc2O)c1. The lowest BCUT2D eigenvalue weighted by molar-refractivity contribution is 0.0600. The molecule has 0 aliphatic heterocycles. The van der Waals surface area contributed by atoms with Crippen molar-refractivity contribution in [1.29, 1.82) is 0 Å². The molecule has 92 valence electrons. The number of rotatable bonds is 2. The van der Waals surface area contributed by atoms with Gasteiger partial charge in [-0.1, -0.05) is 0 Å². The highest BCUT2D eigenvalue weighted by molar-refractivity contribution is 5.90. The highest BCUT2D eigenvalue weighted by Crippen LogP contribution is 2.31. The van der Waals surface area contributed by atoms with E-state index in [0.29, 0.717) is 16.8 Å². The maximum atomic E-state index is 11.4. The lowest BCUT2D eigenvalue weighted by atomic mass is 10.1. The summed E-state index contributed by atoms with van der Waals surface area (Å²) in [7, 11) is 1.29. The van der Waals surface area contributed by atoms with Crippen molar-refractivity contribution >= 4 is 5.97 Å². The van der Waals surface area contributed by atoms with Crippen LogP contribution in [0.3, 0.4) is 0 Å². The van der Waals surface area contributed by atoms with E-state index in [2.05, 4.69) is 9.72 Å². The first-order valence-corrected chi connectivity index (χ1v) is 5.18. The number of phenolic OH excluding ortho intramolecular Hbond substituents is 2. The van der Waals surface area contributed by atoms with Gasteiger partial charge in [-0.05, 0) is 30.3 Å². The van der Waals surface area contributed by atoms with Gasteiger partial charge in [0.25, 0.3) is 0 Å². The highest BCUT2D eigenvalue weighted by atomic mass is 16.5. The lowest BCUT2D eigenvalue weighted by Gasteiger charge is -2.06. The number of esters is 1. The third kappa shape index (κ3) is 2.24. The monoisotopic (exact) mass is 245 g/mol. The van der Waals surface area contributed by atoms with E-state index >= 15 is 0 Å². The molecule has 0 amide bonds. The third-order valence-corrected chi connectivity index (χ3v) is 2.44. The minimum absolute atomic E-state index is 0.00747. The standard InChI is InChI=1S/C13H11NO4/c1-18-13(17)8-4-5-14-11(6-8)10-7-9(15)2-3-12(10)16/h2-7,15-16H,1H3. The van der Waals surface area contributed by atoms with Gasteiger partial charge in [-0.25, -0.2) is 4.79 Å². The predicted octanol–water partition coefficient (Wildman–Crippen LogP) is 1.95. The molecular weight excluding hydrogens is 234 g/mol. The molecule has 2 N–H and O–H groups in total. The summed E-state index contributed by atoms with van der Waals surface area (Å²) in [6.07, 6.45) is 1.44. The fourth-order valence-corrected chi connectivity index (χ4v) is 1.55. The molecule has 0 unspecified atom stereocenters. The maximum absolute atomic E-state index is 11.4. The van der Waals surface area contributed by atoms with E-state index in [-0.39, 0.29) is 11.5 Å². The van der Waals surface area contributed by atoms with Crippen LogP contribution in [0.1, 0.15) is 10.4 Å². The van der Waals surface area contributed by atoms with Crippen LogP contribution in [-0.4, -0.2) is 28.3 Å². The summed E-state index contributed by atoms with van der Waals surface area (Å²) < 4.78 is 4.60. The summed E-state index contributed by atoms with van der Waals surface area (Å²) in [5, 5.41) is 19.1. The van der Waals surface area contributed by atoms with Gasteiger partial charge in [0.05, 0.1) is 18.4 Å². The number of hydrogen-bond donors (Lipinski definition) is 2. The van der Waals surface area contributed by atoms with Crippen LogP contribution in [0.15, 0.2) is 36.5 Å². The maximum Gasteiger partial charge on any atom is 0.337 e. The number of nitrogens with zero attached hydrogens (tertiary/aromatic N) is 1. The second-order valence-corrected chi connectivity index (χ2v) is 3.62. The molecule has 0 saturated heterocycles. The summed E-state index contributed by atoms with van der Waals surface area (Å²) in [5.41, 5.74) is 1.05. The smallest absolute Gasteiger partial charge is 0.337 e. The largest absolute Gasteiger partial charge is 0.508 e. The molecule has 0 fully saturated rings. The Morgan fingerprint density at radius 3 is 2.72 bits per heavy atom. The van der Waals surface area contributed by atoms with Gasteiger partial charge in [-0.3, -0.25) is 4.98 Å². The van der Waals surface area contributed by atoms with Gasteiger partial charge in [0.1, 0.15) is 11.5 Å². The van der Waals surface area contributed by atoms with Gasteiger partial charge in [0.2, 0.25) is 0 Å². The zero-order valence-corrected chi connectivity index (χ0v) is 9.62. The fraction of sp³-hybridized carbons (Fsp3) is 0.0769. The van der Waals surface area contributed by atoms with Gasteiger partial charge in [0, 0.05) is 11.8 Å². The molecule has 2 aromatic rings. The van der Waals surface area contributed by atoms with Gasteiger partial charge in [-0.2, -0.15) is 0 Å². The molecule has 0 bridgehead atoms. The van der Waals surface area contributed by atoms with E-state index in [1.807, 2.05) is 0 Å². The molecule has 0 aliphatic rings. The minimum Gasteiger partial charge on any atom is -0.508 e. The van der Waals surface area contributed by atoms with Crippen LogP contribution in [0.5, 0.6) is 11.5 Å². The van der Waals surface area contributed by atoms with Crippen LogP contribution >= 0.6 is 0 Å². The first-order chi connectivity index (χ1) is 8.61. The van der Waals surface area contributed by atoms with Crippen LogP contribution in [0.25, 0.3) is 11.3 Å². The zero-order valence-electron chi connectivity index (χ0n) is 9.62. The molecule has 0 saturated carbocycles.